The molecule has 1 aromatic carbocycles. The van der Waals surface area contributed by atoms with E-state index in [-0.39, 0.29) is 18.1 Å². The number of ether oxygens (including phenoxy) is 1. The molecule has 2 atom stereocenters. The topological polar surface area (TPSA) is 77.2 Å². The van der Waals surface area contributed by atoms with Crippen LogP contribution in [0.2, 0.25) is 5.02 Å². The number of imidazole rings is 1. The molecule has 186 valence electrons. The average molecular weight is 497 g/mol. The minimum Gasteiger partial charge on any atom is -0.452 e. The highest BCUT2D eigenvalue weighted by Crippen LogP contribution is 2.54. The zero-order valence-electron chi connectivity index (χ0n) is 20.6. The number of aryl methyl sites for hydroxylation is 1. The number of nitrogens with zero attached hydrogens (tertiary/aromatic N) is 5. The van der Waals surface area contributed by atoms with Crippen molar-refractivity contribution >= 4 is 34.4 Å². The molecule has 0 bridgehead atoms. The van der Waals surface area contributed by atoms with Gasteiger partial charge in [0, 0.05) is 36.3 Å². The van der Waals surface area contributed by atoms with Crippen molar-refractivity contribution in [2.24, 2.45) is 5.41 Å². The Bertz CT molecular complexity index is 1270. The van der Waals surface area contributed by atoms with E-state index in [0.29, 0.717) is 23.0 Å². The van der Waals surface area contributed by atoms with Gasteiger partial charge in [0.15, 0.2) is 0 Å². The Morgan fingerprint density at radius 1 is 1.37 bits per heavy atom. The predicted octanol–water partition coefficient (Wildman–Crippen LogP) is 4.91. The molecule has 1 saturated heterocycles. The summed E-state index contributed by atoms with van der Waals surface area (Å²) in [6.45, 7) is 7.25. The molecule has 1 aliphatic carbocycles. The van der Waals surface area contributed by atoms with Gasteiger partial charge in [0.1, 0.15) is 5.82 Å². The number of anilines is 1. The Labute approximate surface area is 210 Å². The number of hydrogen-bond acceptors (Lipinski definition) is 5. The number of benzene rings is 1. The van der Waals surface area contributed by atoms with Crippen LogP contribution in [0, 0.1) is 5.41 Å². The lowest BCUT2D eigenvalue weighted by atomic mass is 9.64. The third kappa shape index (κ3) is 3.73. The van der Waals surface area contributed by atoms with Gasteiger partial charge in [-0.3, -0.25) is 9.58 Å². The maximum Gasteiger partial charge on any atom is 0.414 e. The van der Waals surface area contributed by atoms with Gasteiger partial charge in [-0.25, -0.2) is 9.78 Å². The van der Waals surface area contributed by atoms with E-state index in [1.807, 2.05) is 10.9 Å². The molecular formula is C26H33ClN6O2. The number of methoxy groups -OCH3 is 1. The van der Waals surface area contributed by atoms with Crippen molar-refractivity contribution in [2.75, 3.05) is 25.1 Å². The molecule has 3 aliphatic rings. The second kappa shape index (κ2) is 8.52. The lowest BCUT2D eigenvalue weighted by Crippen LogP contribution is -2.42. The first kappa shape index (κ1) is 22.9. The monoisotopic (exact) mass is 496 g/mol. The van der Waals surface area contributed by atoms with Crippen molar-refractivity contribution in [2.45, 2.75) is 70.5 Å². The molecule has 1 N–H and O–H groups in total. The third-order valence-corrected chi connectivity index (χ3v) is 8.59. The van der Waals surface area contributed by atoms with Crippen LogP contribution in [0.4, 0.5) is 10.5 Å². The normalized spacial score (nSPS) is 26.7. The van der Waals surface area contributed by atoms with Crippen LogP contribution >= 0.6 is 11.6 Å². The summed E-state index contributed by atoms with van der Waals surface area (Å²) in [6.07, 6.45) is 8.65. The maximum absolute atomic E-state index is 12.6. The van der Waals surface area contributed by atoms with Gasteiger partial charge >= 0.3 is 6.09 Å². The summed E-state index contributed by atoms with van der Waals surface area (Å²) in [5, 5.41) is 8.60. The number of hydrogen-bond donors (Lipinski definition) is 1. The first-order valence-corrected chi connectivity index (χ1v) is 13.1. The minimum atomic E-state index is -0.309. The van der Waals surface area contributed by atoms with Crippen LogP contribution in [-0.4, -0.2) is 51.7 Å². The van der Waals surface area contributed by atoms with Crippen LogP contribution in [0.1, 0.15) is 62.9 Å². The molecule has 2 aliphatic heterocycles. The van der Waals surface area contributed by atoms with Crippen LogP contribution in [0.5, 0.6) is 0 Å². The van der Waals surface area contributed by atoms with Crippen molar-refractivity contribution in [3.05, 3.63) is 40.9 Å². The van der Waals surface area contributed by atoms with Crippen molar-refractivity contribution in [3.8, 4) is 0 Å². The second-order valence-electron chi connectivity index (χ2n) is 10.8. The molecule has 8 nitrogen and oxygen atoms in total. The predicted molar refractivity (Wildman–Crippen MR) is 136 cm³/mol. The van der Waals surface area contributed by atoms with Gasteiger partial charge in [0.05, 0.1) is 41.6 Å². The van der Waals surface area contributed by atoms with Gasteiger partial charge in [-0.15, -0.1) is 0 Å². The summed E-state index contributed by atoms with van der Waals surface area (Å²) in [4.78, 5) is 19.7. The SMILES string of the molecule is COC(=O)N1c2ccc3c(nc(C(C)Cn4cc(Cl)cn4)n3C3CC4(CCNC4)C3)c2CC[C@@H]1C. The number of amides is 1. The van der Waals surface area contributed by atoms with Crippen LogP contribution in [0.25, 0.3) is 11.0 Å². The lowest BCUT2D eigenvalue weighted by molar-refractivity contribution is 0.0838. The summed E-state index contributed by atoms with van der Waals surface area (Å²) in [6, 6.07) is 4.79. The van der Waals surface area contributed by atoms with Crippen LogP contribution in [0.3, 0.4) is 0 Å². The molecule has 3 aromatic rings. The second-order valence-corrected chi connectivity index (χ2v) is 11.2. The Morgan fingerprint density at radius 3 is 2.89 bits per heavy atom. The van der Waals surface area contributed by atoms with E-state index in [2.05, 4.69) is 41.0 Å². The fraction of sp³-hybridized carbons (Fsp3) is 0.577. The zero-order chi connectivity index (χ0) is 24.3. The van der Waals surface area contributed by atoms with E-state index >= 15 is 0 Å². The van der Waals surface area contributed by atoms with Gasteiger partial charge in [-0.2, -0.15) is 5.10 Å². The highest BCUT2D eigenvalue weighted by atomic mass is 35.5. The van der Waals surface area contributed by atoms with Crippen molar-refractivity contribution < 1.29 is 9.53 Å². The van der Waals surface area contributed by atoms with Crippen LogP contribution in [0.15, 0.2) is 24.5 Å². The van der Waals surface area contributed by atoms with Gasteiger partial charge in [-0.05, 0) is 63.1 Å². The molecule has 2 fully saturated rings. The Morgan fingerprint density at radius 2 is 2.20 bits per heavy atom. The maximum atomic E-state index is 12.6. The van der Waals surface area contributed by atoms with Crippen LogP contribution < -0.4 is 10.2 Å². The van der Waals surface area contributed by atoms with E-state index in [9.17, 15) is 4.79 Å². The Balaban J connectivity index is 1.44. The molecule has 4 heterocycles. The quantitative estimate of drug-likeness (QED) is 0.555. The first-order chi connectivity index (χ1) is 16.9. The summed E-state index contributed by atoms with van der Waals surface area (Å²) in [5.74, 6) is 1.25. The van der Waals surface area contributed by atoms with Gasteiger partial charge < -0.3 is 14.6 Å². The molecule has 35 heavy (non-hydrogen) atoms. The number of fused-ring (bicyclic) bond motifs is 3. The minimum absolute atomic E-state index is 0.0961. The van der Waals surface area contributed by atoms with Crippen LogP contribution in [-0.2, 0) is 17.7 Å². The Hall–Kier alpha value is -2.58. The number of carbonyl (C=O) groups excluding carboxylic acids is 1. The first-order valence-electron chi connectivity index (χ1n) is 12.7. The molecule has 1 spiro atoms. The number of rotatable bonds is 4. The van der Waals surface area contributed by atoms with Gasteiger partial charge in [-0.1, -0.05) is 18.5 Å². The molecule has 6 rings (SSSR count). The van der Waals surface area contributed by atoms with E-state index in [4.69, 9.17) is 21.3 Å². The highest BCUT2D eigenvalue weighted by Gasteiger charge is 2.48. The summed E-state index contributed by atoms with van der Waals surface area (Å²) < 4.78 is 9.51. The van der Waals surface area contributed by atoms with Gasteiger partial charge in [0.2, 0.25) is 0 Å². The molecule has 1 unspecified atom stereocenters. The number of halogens is 1. The molecule has 2 aromatic heterocycles. The molecule has 1 amide bonds. The molecule has 1 saturated carbocycles. The number of aromatic nitrogens is 4. The van der Waals surface area contributed by atoms with Gasteiger partial charge in [0.25, 0.3) is 0 Å². The summed E-state index contributed by atoms with van der Waals surface area (Å²) in [5.41, 5.74) is 4.71. The molecular weight excluding hydrogens is 464 g/mol. The zero-order valence-corrected chi connectivity index (χ0v) is 21.4. The van der Waals surface area contributed by atoms with E-state index in [1.165, 1.54) is 31.9 Å². The largest absolute Gasteiger partial charge is 0.452 e. The van der Waals surface area contributed by atoms with Crippen molar-refractivity contribution in [1.29, 1.82) is 0 Å². The fourth-order valence-electron chi connectivity index (χ4n) is 6.59. The highest BCUT2D eigenvalue weighted by molar-refractivity contribution is 6.30. The standard InChI is InChI=1S/C26H33ClN6O2/c1-16(13-31-14-18(27)12-29-31)24-30-23-20-5-4-17(2)32(25(34)35-3)21(20)6-7-22(23)33(24)19-10-26(11-19)8-9-28-15-26/h6-7,12,14,16-17,19,28H,4-5,8-11,13,15H2,1-3H3/t16?,17-,19?,26?/m0/s1. The smallest absolute Gasteiger partial charge is 0.414 e. The van der Waals surface area contributed by atoms with E-state index in [0.717, 1.165) is 48.5 Å². The average Bonchev–Trinajstić information content (AvgIpc) is 3.55. The number of nitrogens with one attached hydrogen (secondary N) is 1. The third-order valence-electron chi connectivity index (χ3n) is 8.39. The fourth-order valence-corrected chi connectivity index (χ4v) is 6.75. The molecule has 9 heteroatoms. The number of carbonyl (C=O) groups is 1. The lowest BCUT2D eigenvalue weighted by Gasteiger charge is -2.46. The summed E-state index contributed by atoms with van der Waals surface area (Å²) >= 11 is 6.13. The molecule has 0 radical (unpaired) electrons. The summed E-state index contributed by atoms with van der Waals surface area (Å²) in [7, 11) is 1.45. The Kier molecular flexibility index (Phi) is 5.56. The van der Waals surface area contributed by atoms with Crippen molar-refractivity contribution in [1.82, 2.24) is 24.6 Å². The van der Waals surface area contributed by atoms with E-state index in [1.54, 1.807) is 11.1 Å². The van der Waals surface area contributed by atoms with Crippen molar-refractivity contribution in [3.63, 3.8) is 0 Å². The van der Waals surface area contributed by atoms with E-state index < -0.39 is 0 Å².